The zero-order valence-electron chi connectivity index (χ0n) is 24.7. The lowest BCUT2D eigenvalue weighted by Gasteiger charge is -2.35. The highest BCUT2D eigenvalue weighted by atomic mass is 35.5. The third kappa shape index (κ3) is 5.60. The summed E-state index contributed by atoms with van der Waals surface area (Å²) in [6.45, 7) is 4.25. The summed E-state index contributed by atoms with van der Waals surface area (Å²) in [5.74, 6) is -0.263. The van der Waals surface area contributed by atoms with E-state index in [-0.39, 0.29) is 55.4 Å². The molecule has 1 unspecified atom stereocenters. The fourth-order valence-corrected chi connectivity index (χ4v) is 8.31. The third-order valence-electron chi connectivity index (χ3n) is 8.34. The molecule has 2 aromatic heterocycles. The number of benzene rings is 2. The zero-order chi connectivity index (χ0) is 31.9. The normalized spacial score (nSPS) is 18.8. The fraction of sp³-hybridized carbons (Fsp3) is 0.323. The monoisotopic (exact) mass is 667 g/mol. The Balaban J connectivity index is 1.47. The van der Waals surface area contributed by atoms with Crippen LogP contribution < -0.4 is 4.90 Å². The first kappa shape index (κ1) is 31.2. The molecular formula is C31H31Cl2N7O4S. The number of hydrogen-bond donors (Lipinski definition) is 0. The number of imidazole rings is 1. The number of hydrogen-bond acceptors (Lipinski definition) is 7. The smallest absolute Gasteiger partial charge is 0.260 e. The highest BCUT2D eigenvalue weighted by Gasteiger charge is 2.54. The number of aromatic nitrogens is 4. The van der Waals surface area contributed by atoms with Crippen LogP contribution in [0, 0.1) is 0 Å². The molecule has 4 heterocycles. The molecule has 234 valence electrons. The molecule has 6 rings (SSSR count). The van der Waals surface area contributed by atoms with Crippen LogP contribution in [-0.2, 0) is 31.6 Å². The first-order chi connectivity index (χ1) is 21.5. The summed E-state index contributed by atoms with van der Waals surface area (Å²) < 4.78 is 31.5. The van der Waals surface area contributed by atoms with Crippen LogP contribution in [0.5, 0.6) is 0 Å². The van der Waals surface area contributed by atoms with E-state index >= 15 is 0 Å². The van der Waals surface area contributed by atoms with Crippen molar-refractivity contribution in [1.82, 2.24) is 28.7 Å². The second kappa shape index (κ2) is 12.2. The first-order valence-corrected chi connectivity index (χ1v) is 16.7. The number of carbonyl (C=O) groups is 2. The van der Waals surface area contributed by atoms with Crippen molar-refractivity contribution in [3.63, 3.8) is 0 Å². The van der Waals surface area contributed by atoms with E-state index < -0.39 is 15.6 Å². The van der Waals surface area contributed by atoms with E-state index in [0.29, 0.717) is 28.6 Å². The lowest BCUT2D eigenvalue weighted by Crippen LogP contribution is -2.51. The number of sulfonamides is 1. The highest BCUT2D eigenvalue weighted by molar-refractivity contribution is 7.89. The van der Waals surface area contributed by atoms with Crippen molar-refractivity contribution in [2.45, 2.75) is 43.7 Å². The van der Waals surface area contributed by atoms with Gasteiger partial charge in [0.05, 0.1) is 11.9 Å². The number of rotatable bonds is 8. The van der Waals surface area contributed by atoms with Gasteiger partial charge in [-0.05, 0) is 35.7 Å². The minimum absolute atomic E-state index is 0.0794. The van der Waals surface area contributed by atoms with Gasteiger partial charge < -0.3 is 4.90 Å². The van der Waals surface area contributed by atoms with Gasteiger partial charge in [-0.3, -0.25) is 14.2 Å². The summed E-state index contributed by atoms with van der Waals surface area (Å²) in [5.41, 5.74) is 1.66. The molecular weight excluding hydrogens is 637 g/mol. The molecule has 2 aliphatic rings. The van der Waals surface area contributed by atoms with Gasteiger partial charge in [0.15, 0.2) is 5.03 Å². The minimum Gasteiger partial charge on any atom is -0.340 e. The Morgan fingerprint density at radius 2 is 1.58 bits per heavy atom. The number of piperazine rings is 1. The van der Waals surface area contributed by atoms with Gasteiger partial charge in [0.2, 0.25) is 11.9 Å². The summed E-state index contributed by atoms with van der Waals surface area (Å²) in [4.78, 5) is 42.4. The SMILES string of the molecule is CCCC1(Cc2ccc(-c3cncnc3)cc2)C(=O)N(c2cc(Cl)cc(Cl)c2)c2ncc(S(=O)(=O)N3CCN(C(C)=O)CC3)n21. The van der Waals surface area contributed by atoms with Crippen LogP contribution in [0.15, 0.2) is 72.4 Å². The maximum absolute atomic E-state index is 14.7. The van der Waals surface area contributed by atoms with Crippen molar-refractivity contribution in [2.24, 2.45) is 0 Å². The van der Waals surface area contributed by atoms with Gasteiger partial charge in [-0.25, -0.2) is 28.3 Å². The maximum atomic E-state index is 14.7. The summed E-state index contributed by atoms with van der Waals surface area (Å²) in [5, 5.41) is 0.574. The van der Waals surface area contributed by atoms with Gasteiger partial charge in [-0.1, -0.05) is 60.8 Å². The number of nitrogens with zero attached hydrogens (tertiary/aromatic N) is 7. The molecule has 1 saturated heterocycles. The standard InChI is InChI=1S/C31H31Cl2N7O4S/c1-3-8-31(16-22-4-6-23(7-5-22)24-17-34-20-35-18-24)29(42)39(27-14-25(32)13-26(33)15-27)30-36-19-28(40(30)31)45(43,44)38-11-9-37(10-12-38)21(2)41/h4-7,13-15,17-20H,3,8-12,16H2,1-2H3. The lowest BCUT2D eigenvalue weighted by molar-refractivity contribution is -0.130. The second-order valence-corrected chi connectivity index (χ2v) is 14.0. The Hall–Kier alpha value is -3.84. The number of carbonyl (C=O) groups excluding carboxylic acids is 2. The van der Waals surface area contributed by atoms with Crippen LogP contribution in [0.2, 0.25) is 10.0 Å². The maximum Gasteiger partial charge on any atom is 0.260 e. The van der Waals surface area contributed by atoms with E-state index in [1.807, 2.05) is 31.2 Å². The van der Waals surface area contributed by atoms with Crippen molar-refractivity contribution in [3.8, 4) is 11.1 Å². The van der Waals surface area contributed by atoms with Gasteiger partial charge in [0.1, 0.15) is 11.9 Å². The molecule has 4 aromatic rings. The first-order valence-electron chi connectivity index (χ1n) is 14.5. The average Bonchev–Trinajstić information content (AvgIpc) is 3.55. The van der Waals surface area contributed by atoms with Crippen LogP contribution in [0.4, 0.5) is 11.6 Å². The topological polar surface area (TPSA) is 122 Å². The van der Waals surface area contributed by atoms with Crippen molar-refractivity contribution < 1.29 is 18.0 Å². The molecule has 1 fully saturated rings. The highest BCUT2D eigenvalue weighted by Crippen LogP contribution is 2.47. The number of halogens is 2. The zero-order valence-corrected chi connectivity index (χ0v) is 27.1. The predicted molar refractivity (Wildman–Crippen MR) is 171 cm³/mol. The number of anilines is 2. The van der Waals surface area contributed by atoms with Crippen molar-refractivity contribution in [3.05, 3.63) is 83.0 Å². The van der Waals surface area contributed by atoms with E-state index in [1.54, 1.807) is 40.1 Å². The largest absolute Gasteiger partial charge is 0.340 e. The van der Waals surface area contributed by atoms with E-state index in [1.165, 1.54) is 28.7 Å². The molecule has 0 radical (unpaired) electrons. The predicted octanol–water partition coefficient (Wildman–Crippen LogP) is 4.92. The molecule has 14 heteroatoms. The third-order valence-corrected chi connectivity index (χ3v) is 10.6. The van der Waals surface area contributed by atoms with Crippen LogP contribution in [-0.4, -0.2) is 75.1 Å². The van der Waals surface area contributed by atoms with E-state index in [2.05, 4.69) is 15.0 Å². The van der Waals surface area contributed by atoms with E-state index in [0.717, 1.165) is 16.7 Å². The Morgan fingerprint density at radius 3 is 2.18 bits per heavy atom. The Kier molecular flexibility index (Phi) is 8.42. The van der Waals surface area contributed by atoms with Crippen molar-refractivity contribution >= 4 is 56.7 Å². The van der Waals surface area contributed by atoms with Gasteiger partial charge in [0, 0.05) is 67.5 Å². The summed E-state index contributed by atoms with van der Waals surface area (Å²) in [6.07, 6.45) is 7.37. The number of fused-ring (bicyclic) bond motifs is 1. The quantitative estimate of drug-likeness (QED) is 0.262. The fourth-order valence-electron chi connectivity index (χ4n) is 6.22. The molecule has 1 atom stereocenters. The molecule has 0 bridgehead atoms. The lowest BCUT2D eigenvalue weighted by atomic mass is 9.85. The van der Waals surface area contributed by atoms with Crippen molar-refractivity contribution in [2.75, 3.05) is 31.1 Å². The van der Waals surface area contributed by atoms with Crippen LogP contribution >= 0.6 is 23.2 Å². The van der Waals surface area contributed by atoms with Crippen molar-refractivity contribution in [1.29, 1.82) is 0 Å². The van der Waals surface area contributed by atoms with E-state index in [4.69, 9.17) is 23.2 Å². The minimum atomic E-state index is -4.11. The molecule has 11 nitrogen and oxygen atoms in total. The Morgan fingerprint density at radius 1 is 0.933 bits per heavy atom. The molecule has 45 heavy (non-hydrogen) atoms. The van der Waals surface area contributed by atoms with Crippen LogP contribution in [0.1, 0.15) is 32.3 Å². The molecule has 2 aromatic carbocycles. The Bertz CT molecular complexity index is 1840. The molecule has 0 spiro atoms. The molecule has 2 aliphatic heterocycles. The molecule has 0 saturated carbocycles. The van der Waals surface area contributed by atoms with Gasteiger partial charge in [0.25, 0.3) is 15.9 Å². The molecule has 2 amide bonds. The summed E-state index contributed by atoms with van der Waals surface area (Å²) >= 11 is 12.7. The molecule has 0 aliphatic carbocycles. The van der Waals surface area contributed by atoms with Gasteiger partial charge >= 0.3 is 0 Å². The van der Waals surface area contributed by atoms with Gasteiger partial charge in [-0.15, -0.1) is 0 Å². The number of amides is 2. The Labute approximate surface area is 271 Å². The average molecular weight is 669 g/mol. The second-order valence-electron chi connectivity index (χ2n) is 11.2. The summed E-state index contributed by atoms with van der Waals surface area (Å²) in [7, 11) is -4.11. The van der Waals surface area contributed by atoms with Crippen LogP contribution in [0.3, 0.4) is 0 Å². The van der Waals surface area contributed by atoms with Crippen LogP contribution in [0.25, 0.3) is 11.1 Å². The van der Waals surface area contributed by atoms with Gasteiger partial charge in [-0.2, -0.15) is 4.31 Å². The molecule has 0 N–H and O–H groups in total. The van der Waals surface area contributed by atoms with E-state index in [9.17, 15) is 18.0 Å². The summed E-state index contributed by atoms with van der Waals surface area (Å²) in [6, 6.07) is 12.5.